The van der Waals surface area contributed by atoms with Crippen molar-refractivity contribution in [3.63, 3.8) is 0 Å². The largest absolute Gasteiger partial charge is 0.573 e. The lowest BCUT2D eigenvalue weighted by atomic mass is 9.90. The molecular formula is C23H25F3N2O3S. The molecule has 0 saturated carbocycles. The molecule has 9 heteroatoms. The van der Waals surface area contributed by atoms with Gasteiger partial charge in [0.15, 0.2) is 0 Å². The number of benzene rings is 2. The maximum Gasteiger partial charge on any atom is 0.573 e. The van der Waals surface area contributed by atoms with Gasteiger partial charge >= 0.3 is 6.36 Å². The Morgan fingerprint density at radius 1 is 1.03 bits per heavy atom. The number of hydrogen-bond acceptors (Lipinski definition) is 3. The van der Waals surface area contributed by atoms with Crippen molar-refractivity contribution in [2.75, 3.05) is 13.1 Å². The number of ether oxygens (including phenoxy) is 1. The third kappa shape index (κ3) is 4.49. The zero-order valence-electron chi connectivity index (χ0n) is 17.7. The van der Waals surface area contributed by atoms with Crippen LogP contribution in [0.15, 0.2) is 59.6 Å². The van der Waals surface area contributed by atoms with Gasteiger partial charge in [-0.1, -0.05) is 37.3 Å². The van der Waals surface area contributed by atoms with Crippen LogP contribution in [0.5, 0.6) is 5.75 Å². The van der Waals surface area contributed by atoms with Gasteiger partial charge in [-0.15, -0.1) is 13.2 Å². The van der Waals surface area contributed by atoms with Crippen LogP contribution in [0.4, 0.5) is 13.2 Å². The van der Waals surface area contributed by atoms with Crippen molar-refractivity contribution >= 4 is 20.9 Å². The molecule has 0 unspecified atom stereocenters. The third-order valence-corrected chi connectivity index (χ3v) is 7.81. The quantitative estimate of drug-likeness (QED) is 0.481. The molecule has 1 aromatic heterocycles. The second-order valence-corrected chi connectivity index (χ2v) is 9.87. The first-order valence-corrected chi connectivity index (χ1v) is 12.1. The van der Waals surface area contributed by atoms with Crippen LogP contribution in [0.25, 0.3) is 10.9 Å². The van der Waals surface area contributed by atoms with Crippen LogP contribution in [-0.2, 0) is 16.6 Å². The number of aryl methyl sites for hydroxylation is 1. The highest BCUT2D eigenvalue weighted by Crippen LogP contribution is 2.37. The minimum absolute atomic E-state index is 0.186. The molecule has 0 atom stereocenters. The van der Waals surface area contributed by atoms with Gasteiger partial charge < -0.3 is 9.30 Å². The molecule has 1 fully saturated rings. The van der Waals surface area contributed by atoms with E-state index in [1.165, 1.54) is 27.4 Å². The molecule has 32 heavy (non-hydrogen) atoms. The molecule has 1 saturated heterocycles. The van der Waals surface area contributed by atoms with Gasteiger partial charge in [-0.05, 0) is 48.9 Å². The minimum Gasteiger partial charge on any atom is -0.404 e. The monoisotopic (exact) mass is 466 g/mol. The Bertz CT molecular complexity index is 1200. The van der Waals surface area contributed by atoms with Gasteiger partial charge in [0, 0.05) is 36.7 Å². The standard InChI is InChI=1S/C23H25F3N2O3S/c1-2-13-27-16-19(18-7-3-4-8-20(18)27)17-11-14-28(15-12-17)32(29,30)22-10-6-5-9-21(22)31-23(24,25)26/h3-10,16-17H,2,11-15H2,1H3. The summed E-state index contributed by atoms with van der Waals surface area (Å²) in [6.07, 6.45) is -0.599. The summed E-state index contributed by atoms with van der Waals surface area (Å²) in [5, 5.41) is 1.17. The predicted octanol–water partition coefficient (Wildman–Crippen LogP) is 5.52. The fourth-order valence-corrected chi connectivity index (χ4v) is 6.03. The third-order valence-electron chi connectivity index (χ3n) is 5.87. The summed E-state index contributed by atoms with van der Waals surface area (Å²) in [6, 6.07) is 13.1. The second-order valence-electron chi connectivity index (χ2n) is 7.97. The van der Waals surface area contributed by atoms with Gasteiger partial charge in [0.05, 0.1) is 0 Å². The number of aromatic nitrogens is 1. The molecule has 0 radical (unpaired) electrons. The van der Waals surface area contributed by atoms with Crippen LogP contribution in [-0.4, -0.2) is 36.7 Å². The van der Waals surface area contributed by atoms with E-state index in [4.69, 9.17) is 0 Å². The Kier molecular flexibility index (Phi) is 6.22. The van der Waals surface area contributed by atoms with E-state index in [-0.39, 0.29) is 19.0 Å². The van der Waals surface area contributed by atoms with Crippen molar-refractivity contribution < 1.29 is 26.3 Å². The Morgan fingerprint density at radius 2 is 1.69 bits per heavy atom. The molecule has 0 aliphatic carbocycles. The smallest absolute Gasteiger partial charge is 0.404 e. The van der Waals surface area contributed by atoms with Crippen LogP contribution >= 0.6 is 0 Å². The van der Waals surface area contributed by atoms with Crippen molar-refractivity contribution in [3.05, 3.63) is 60.3 Å². The highest BCUT2D eigenvalue weighted by Gasteiger charge is 2.37. The van der Waals surface area contributed by atoms with Gasteiger partial charge in [0.2, 0.25) is 10.0 Å². The van der Waals surface area contributed by atoms with Crippen molar-refractivity contribution in [1.29, 1.82) is 0 Å². The number of alkyl halides is 3. The first-order chi connectivity index (χ1) is 15.2. The summed E-state index contributed by atoms with van der Waals surface area (Å²) < 4.78 is 71.9. The van der Waals surface area contributed by atoms with E-state index in [1.807, 2.05) is 12.1 Å². The van der Waals surface area contributed by atoms with Gasteiger partial charge in [-0.2, -0.15) is 4.31 Å². The Morgan fingerprint density at radius 3 is 2.38 bits per heavy atom. The molecule has 172 valence electrons. The number of rotatable bonds is 6. The average Bonchev–Trinajstić information content (AvgIpc) is 3.12. The maximum atomic E-state index is 13.1. The van der Waals surface area contributed by atoms with Crippen LogP contribution in [0.2, 0.25) is 0 Å². The first-order valence-electron chi connectivity index (χ1n) is 10.6. The first kappa shape index (κ1) is 22.7. The van der Waals surface area contributed by atoms with Crippen molar-refractivity contribution in [2.24, 2.45) is 0 Å². The van der Waals surface area contributed by atoms with Crippen LogP contribution in [0, 0.1) is 0 Å². The molecule has 0 spiro atoms. The topological polar surface area (TPSA) is 51.5 Å². The van der Waals surface area contributed by atoms with Crippen molar-refractivity contribution in [2.45, 2.75) is 49.9 Å². The fraction of sp³-hybridized carbons (Fsp3) is 0.391. The Labute approximate surface area is 185 Å². The number of sulfonamides is 1. The van der Waals surface area contributed by atoms with Gasteiger partial charge in [-0.25, -0.2) is 8.42 Å². The number of para-hydroxylation sites is 2. The Balaban J connectivity index is 1.56. The van der Waals surface area contributed by atoms with Crippen LogP contribution in [0.1, 0.15) is 37.7 Å². The van der Waals surface area contributed by atoms with Crippen molar-refractivity contribution in [1.82, 2.24) is 8.87 Å². The summed E-state index contributed by atoms with van der Waals surface area (Å²) in [5.41, 5.74) is 2.37. The van der Waals surface area contributed by atoms with E-state index in [2.05, 4.69) is 34.6 Å². The molecule has 5 nitrogen and oxygen atoms in total. The van der Waals surface area contributed by atoms with E-state index >= 15 is 0 Å². The highest BCUT2D eigenvalue weighted by atomic mass is 32.2. The average molecular weight is 467 g/mol. The Hall–Kier alpha value is -2.52. The summed E-state index contributed by atoms with van der Waals surface area (Å²) >= 11 is 0. The van der Waals surface area contributed by atoms with E-state index < -0.39 is 27.0 Å². The summed E-state index contributed by atoms with van der Waals surface area (Å²) in [4.78, 5) is -0.463. The molecule has 0 N–H and O–H groups in total. The zero-order chi connectivity index (χ0) is 22.9. The molecule has 0 bridgehead atoms. The number of hydrogen-bond donors (Lipinski definition) is 0. The summed E-state index contributed by atoms with van der Waals surface area (Å²) in [6.45, 7) is 3.50. The van der Waals surface area contributed by atoms with Crippen LogP contribution < -0.4 is 4.74 Å². The van der Waals surface area contributed by atoms with E-state index in [0.29, 0.717) is 12.8 Å². The lowest BCUT2D eigenvalue weighted by Crippen LogP contribution is -2.38. The lowest BCUT2D eigenvalue weighted by Gasteiger charge is -2.31. The molecule has 3 aromatic rings. The molecule has 1 aliphatic heterocycles. The number of fused-ring (bicyclic) bond motifs is 1. The second kappa shape index (κ2) is 8.78. The van der Waals surface area contributed by atoms with Gasteiger partial charge in [-0.3, -0.25) is 0 Å². The molecular weight excluding hydrogens is 441 g/mol. The predicted molar refractivity (Wildman–Crippen MR) is 116 cm³/mol. The van der Waals surface area contributed by atoms with E-state index in [1.54, 1.807) is 0 Å². The van der Waals surface area contributed by atoms with Crippen LogP contribution in [0.3, 0.4) is 0 Å². The lowest BCUT2D eigenvalue weighted by molar-refractivity contribution is -0.275. The molecule has 0 amide bonds. The number of nitrogens with zero attached hydrogens (tertiary/aromatic N) is 2. The summed E-state index contributed by atoms with van der Waals surface area (Å²) in [5.74, 6) is -0.518. The fourth-order valence-electron chi connectivity index (χ4n) is 4.44. The number of halogens is 3. The molecule has 4 rings (SSSR count). The normalized spacial score (nSPS) is 16.5. The van der Waals surface area contributed by atoms with E-state index in [0.717, 1.165) is 30.6 Å². The molecule has 1 aliphatic rings. The maximum absolute atomic E-state index is 13.1. The van der Waals surface area contributed by atoms with Gasteiger partial charge in [0.1, 0.15) is 10.6 Å². The molecule has 2 heterocycles. The van der Waals surface area contributed by atoms with Crippen molar-refractivity contribution in [3.8, 4) is 5.75 Å². The van der Waals surface area contributed by atoms with Gasteiger partial charge in [0.25, 0.3) is 0 Å². The summed E-state index contributed by atoms with van der Waals surface area (Å²) in [7, 11) is -4.11. The van der Waals surface area contributed by atoms with E-state index in [9.17, 15) is 21.6 Å². The zero-order valence-corrected chi connectivity index (χ0v) is 18.5. The minimum atomic E-state index is -4.97. The number of piperidine rings is 1. The highest BCUT2D eigenvalue weighted by molar-refractivity contribution is 7.89. The molecule has 2 aromatic carbocycles. The SMILES string of the molecule is CCCn1cc(C2CCN(S(=O)(=O)c3ccccc3OC(F)(F)F)CC2)c2ccccc21.